The Bertz CT molecular complexity index is 452. The van der Waals surface area contributed by atoms with Crippen LogP contribution >= 0.6 is 0 Å². The molecule has 0 spiro atoms. The molecular formula is C10H17F3N2O4S. The zero-order valence-corrected chi connectivity index (χ0v) is 11.6. The van der Waals surface area contributed by atoms with Gasteiger partial charge in [0.1, 0.15) is 0 Å². The molecule has 1 saturated carbocycles. The van der Waals surface area contributed by atoms with Crippen LogP contribution in [0.5, 0.6) is 0 Å². The second-order valence-corrected chi connectivity index (χ2v) is 6.30. The third kappa shape index (κ3) is 4.06. The van der Waals surface area contributed by atoms with E-state index in [2.05, 4.69) is 0 Å². The van der Waals surface area contributed by atoms with Crippen LogP contribution in [0.2, 0.25) is 0 Å². The maximum absolute atomic E-state index is 12.3. The largest absolute Gasteiger partial charge is 0.511 e. The molecule has 0 saturated heterocycles. The molecule has 6 nitrogen and oxygen atoms in total. The van der Waals surface area contributed by atoms with Gasteiger partial charge in [0.2, 0.25) is 0 Å². The lowest BCUT2D eigenvalue weighted by molar-refractivity contribution is -0.149. The van der Waals surface area contributed by atoms with E-state index in [0.29, 0.717) is 0 Å². The number of nitrogens with two attached hydrogens (primary N) is 1. The van der Waals surface area contributed by atoms with Crippen LogP contribution in [-0.4, -0.2) is 38.6 Å². The van der Waals surface area contributed by atoms with Gasteiger partial charge in [-0.25, -0.2) is 13.1 Å². The average Bonchev–Trinajstić information content (AvgIpc) is 2.30. The minimum Gasteiger partial charge on any atom is -0.466 e. The van der Waals surface area contributed by atoms with Crippen LogP contribution in [0.1, 0.15) is 26.2 Å². The Balaban J connectivity index is 2.64. The molecule has 0 aromatic carbocycles. The summed E-state index contributed by atoms with van der Waals surface area (Å²) < 4.78 is 65.1. The fraction of sp³-hybridized carbons (Fsp3) is 0.900. The summed E-state index contributed by atoms with van der Waals surface area (Å²) in [7, 11) is -5.42. The summed E-state index contributed by atoms with van der Waals surface area (Å²) in [4.78, 5) is 11.5. The average molecular weight is 318 g/mol. The minimum absolute atomic E-state index is 0.0555. The van der Waals surface area contributed by atoms with Gasteiger partial charge in [-0.1, -0.05) is 0 Å². The lowest BCUT2D eigenvalue weighted by Gasteiger charge is -2.33. The van der Waals surface area contributed by atoms with E-state index in [9.17, 15) is 26.4 Å². The molecule has 118 valence electrons. The molecule has 0 unspecified atom stereocenters. The van der Waals surface area contributed by atoms with Crippen LogP contribution in [0.4, 0.5) is 13.2 Å². The Kier molecular flexibility index (Phi) is 5.39. The molecule has 0 aromatic rings. The van der Waals surface area contributed by atoms with Gasteiger partial charge in [0.05, 0.1) is 12.5 Å². The molecule has 3 atom stereocenters. The van der Waals surface area contributed by atoms with Gasteiger partial charge in [-0.05, 0) is 26.2 Å². The molecule has 0 aromatic heterocycles. The quantitative estimate of drug-likeness (QED) is 0.735. The van der Waals surface area contributed by atoms with Gasteiger partial charge < -0.3 is 10.5 Å². The first-order valence-corrected chi connectivity index (χ1v) is 7.57. The predicted octanol–water partition coefficient (Wildman–Crippen LogP) is 0.485. The number of sulfonamides is 1. The molecule has 0 radical (unpaired) electrons. The minimum atomic E-state index is -5.42. The van der Waals surface area contributed by atoms with Gasteiger partial charge in [-0.2, -0.15) is 13.2 Å². The lowest BCUT2D eigenvalue weighted by Crippen LogP contribution is -2.54. The summed E-state index contributed by atoms with van der Waals surface area (Å²) >= 11 is 0. The SMILES string of the molecule is CCOC(=O)[C@H]1CC[C@H](NS(=O)(=O)C(F)(F)F)[C@H](N)C1. The molecule has 0 bridgehead atoms. The Morgan fingerprint density at radius 2 is 2.00 bits per heavy atom. The molecular weight excluding hydrogens is 301 g/mol. The van der Waals surface area contributed by atoms with Crippen molar-refractivity contribution in [2.45, 2.75) is 43.8 Å². The number of ether oxygens (including phenoxy) is 1. The predicted molar refractivity (Wildman–Crippen MR) is 63.8 cm³/mol. The number of hydrogen-bond donors (Lipinski definition) is 2. The van der Waals surface area contributed by atoms with E-state index in [1.165, 1.54) is 0 Å². The van der Waals surface area contributed by atoms with E-state index < -0.39 is 39.5 Å². The fourth-order valence-corrected chi connectivity index (χ4v) is 2.92. The van der Waals surface area contributed by atoms with Gasteiger partial charge in [-0.3, -0.25) is 4.79 Å². The number of nitrogens with one attached hydrogen (secondary N) is 1. The molecule has 1 aliphatic rings. The summed E-state index contributed by atoms with van der Waals surface area (Å²) in [6.07, 6.45) is 0.376. The van der Waals surface area contributed by atoms with E-state index in [0.717, 1.165) is 0 Å². The molecule has 10 heteroatoms. The highest BCUT2D eigenvalue weighted by atomic mass is 32.2. The fourth-order valence-electron chi connectivity index (χ4n) is 2.09. The number of carbonyl (C=O) groups excluding carboxylic acids is 1. The molecule has 0 heterocycles. The summed E-state index contributed by atoms with van der Waals surface area (Å²) in [5, 5.41) is 0. The van der Waals surface area contributed by atoms with Gasteiger partial charge in [0.15, 0.2) is 0 Å². The highest BCUT2D eigenvalue weighted by molar-refractivity contribution is 7.90. The highest BCUT2D eigenvalue weighted by Gasteiger charge is 2.48. The van der Waals surface area contributed by atoms with Crippen molar-refractivity contribution in [3.63, 3.8) is 0 Å². The first-order valence-electron chi connectivity index (χ1n) is 6.09. The second kappa shape index (κ2) is 6.27. The standard InChI is InChI=1S/C10H17F3N2O4S/c1-2-19-9(16)6-3-4-8(7(14)5-6)15-20(17,18)10(11,12)13/h6-8,15H,2-5,14H2,1H3/t6-,7+,8-/m0/s1. The van der Waals surface area contributed by atoms with Crippen molar-refractivity contribution >= 4 is 16.0 Å². The van der Waals surface area contributed by atoms with Crippen molar-refractivity contribution < 1.29 is 31.1 Å². The summed E-state index contributed by atoms with van der Waals surface area (Å²) in [6.45, 7) is 1.84. The number of esters is 1. The maximum atomic E-state index is 12.3. The van der Waals surface area contributed by atoms with Crippen molar-refractivity contribution in [2.24, 2.45) is 11.7 Å². The Morgan fingerprint density at radius 3 is 2.45 bits per heavy atom. The van der Waals surface area contributed by atoms with Crippen LogP contribution in [0, 0.1) is 5.92 Å². The van der Waals surface area contributed by atoms with Gasteiger partial charge in [0.25, 0.3) is 0 Å². The number of alkyl halides is 3. The van der Waals surface area contributed by atoms with Crippen LogP contribution in [0.3, 0.4) is 0 Å². The van der Waals surface area contributed by atoms with Crippen LogP contribution in [-0.2, 0) is 19.6 Å². The van der Waals surface area contributed by atoms with Gasteiger partial charge in [0, 0.05) is 12.1 Å². The van der Waals surface area contributed by atoms with Gasteiger partial charge in [-0.15, -0.1) is 0 Å². The molecule has 20 heavy (non-hydrogen) atoms. The first kappa shape index (κ1) is 17.2. The molecule has 1 rings (SSSR count). The summed E-state index contributed by atoms with van der Waals surface area (Å²) in [5.41, 5.74) is 0.281. The van der Waals surface area contributed by atoms with Crippen molar-refractivity contribution in [3.05, 3.63) is 0 Å². The third-order valence-corrected chi connectivity index (χ3v) is 4.35. The zero-order valence-electron chi connectivity index (χ0n) is 10.8. The van der Waals surface area contributed by atoms with E-state index >= 15 is 0 Å². The Morgan fingerprint density at radius 1 is 1.40 bits per heavy atom. The number of carbonyl (C=O) groups is 1. The van der Waals surface area contributed by atoms with Crippen LogP contribution in [0.15, 0.2) is 0 Å². The Labute approximate surface area is 114 Å². The van der Waals surface area contributed by atoms with Crippen molar-refractivity contribution in [2.75, 3.05) is 6.61 Å². The molecule has 1 fully saturated rings. The van der Waals surface area contributed by atoms with Crippen LogP contribution in [0.25, 0.3) is 0 Å². The normalized spacial score (nSPS) is 28.1. The van der Waals surface area contributed by atoms with Crippen molar-refractivity contribution in [1.82, 2.24) is 4.72 Å². The number of hydrogen-bond acceptors (Lipinski definition) is 5. The second-order valence-electron chi connectivity index (χ2n) is 4.60. The molecule has 0 amide bonds. The summed E-state index contributed by atoms with van der Waals surface area (Å²) in [6, 6.07) is -1.90. The number of rotatable bonds is 4. The Hall–Kier alpha value is -0.870. The van der Waals surface area contributed by atoms with E-state index in [4.69, 9.17) is 10.5 Å². The zero-order chi connectivity index (χ0) is 15.6. The molecule has 0 aliphatic heterocycles. The van der Waals surface area contributed by atoms with E-state index in [1.807, 2.05) is 0 Å². The maximum Gasteiger partial charge on any atom is 0.511 e. The topological polar surface area (TPSA) is 98.5 Å². The monoisotopic (exact) mass is 318 g/mol. The first-order chi connectivity index (χ1) is 9.08. The lowest BCUT2D eigenvalue weighted by atomic mass is 9.83. The number of halogens is 3. The van der Waals surface area contributed by atoms with E-state index in [1.54, 1.807) is 11.6 Å². The molecule has 1 aliphatic carbocycles. The highest BCUT2D eigenvalue weighted by Crippen LogP contribution is 2.28. The third-order valence-electron chi connectivity index (χ3n) is 3.13. The van der Waals surface area contributed by atoms with Crippen molar-refractivity contribution in [3.8, 4) is 0 Å². The molecule has 3 N–H and O–H groups in total. The van der Waals surface area contributed by atoms with Crippen LogP contribution < -0.4 is 10.5 Å². The van der Waals surface area contributed by atoms with E-state index in [-0.39, 0.29) is 25.9 Å². The van der Waals surface area contributed by atoms with Crippen molar-refractivity contribution in [1.29, 1.82) is 0 Å². The van der Waals surface area contributed by atoms with Gasteiger partial charge >= 0.3 is 21.5 Å². The summed E-state index contributed by atoms with van der Waals surface area (Å²) in [5.74, 6) is -0.961. The smallest absolute Gasteiger partial charge is 0.466 e.